The number of nitriles is 1. The zero-order chi connectivity index (χ0) is 8.43. The highest BCUT2D eigenvalue weighted by molar-refractivity contribution is 5.45. The average Bonchev–Trinajstić information content (AvgIpc) is 1.97. The van der Waals surface area contributed by atoms with E-state index < -0.39 is 11.6 Å². The fourth-order valence-electron chi connectivity index (χ4n) is 0.648. The van der Waals surface area contributed by atoms with Gasteiger partial charge < -0.3 is 5.73 Å². The maximum Gasteiger partial charge on any atom is 0.147 e. The summed E-state index contributed by atoms with van der Waals surface area (Å²) in [5, 5.41) is 8.24. The summed E-state index contributed by atoms with van der Waals surface area (Å²) in [6, 6.07) is 3.05. The highest BCUT2D eigenvalue weighted by Gasteiger charge is 2.05. The lowest BCUT2D eigenvalue weighted by molar-refractivity contribution is 0.601. The minimum absolute atomic E-state index is 0.290. The summed E-state index contributed by atoms with van der Waals surface area (Å²) in [6.45, 7) is 0. The van der Waals surface area contributed by atoms with Crippen LogP contribution < -0.4 is 5.73 Å². The van der Waals surface area contributed by atoms with Gasteiger partial charge in [0.1, 0.15) is 17.7 Å². The summed E-state index contributed by atoms with van der Waals surface area (Å²) in [5.74, 6) is -1.57. The average molecular weight is 154 g/mol. The van der Waals surface area contributed by atoms with Crippen LogP contribution in [-0.2, 0) is 0 Å². The molecular formula is C7H4F2N2. The molecule has 56 valence electrons. The molecule has 4 heteroatoms. The molecule has 0 saturated carbocycles. The smallest absolute Gasteiger partial charge is 0.147 e. The third-order valence-electron chi connectivity index (χ3n) is 1.21. The predicted octanol–water partition coefficient (Wildman–Crippen LogP) is 1.42. The van der Waals surface area contributed by atoms with Crippen LogP contribution in [0.25, 0.3) is 0 Å². The number of nitrogens with two attached hydrogens (primary N) is 1. The molecule has 0 aliphatic heterocycles. The Morgan fingerprint density at radius 2 is 1.91 bits per heavy atom. The number of rotatable bonds is 0. The Morgan fingerprint density at radius 3 is 2.45 bits per heavy atom. The van der Waals surface area contributed by atoms with Crippen LogP contribution in [0.5, 0.6) is 0 Å². The van der Waals surface area contributed by atoms with Crippen molar-refractivity contribution in [2.45, 2.75) is 0 Å². The third kappa shape index (κ3) is 1.27. The fourth-order valence-corrected chi connectivity index (χ4v) is 0.648. The second kappa shape index (κ2) is 2.54. The van der Waals surface area contributed by atoms with E-state index in [4.69, 9.17) is 11.0 Å². The minimum atomic E-state index is -0.800. The van der Waals surface area contributed by atoms with Gasteiger partial charge in [-0.15, -0.1) is 0 Å². The van der Waals surface area contributed by atoms with Crippen molar-refractivity contribution < 1.29 is 8.78 Å². The van der Waals surface area contributed by atoms with Crippen LogP contribution in [0.2, 0.25) is 0 Å². The normalized spacial score (nSPS) is 9.18. The number of benzene rings is 1. The summed E-state index contributed by atoms with van der Waals surface area (Å²) in [7, 11) is 0. The van der Waals surface area contributed by atoms with Crippen molar-refractivity contribution in [3.8, 4) is 6.07 Å². The first kappa shape index (κ1) is 7.48. The van der Waals surface area contributed by atoms with E-state index >= 15 is 0 Å². The first-order valence-corrected chi connectivity index (χ1v) is 2.79. The SMILES string of the molecule is N#Cc1cc(F)c(N)cc1F. The van der Waals surface area contributed by atoms with Gasteiger partial charge in [-0.3, -0.25) is 0 Å². The number of hydrogen-bond donors (Lipinski definition) is 1. The topological polar surface area (TPSA) is 49.8 Å². The van der Waals surface area contributed by atoms with Crippen molar-refractivity contribution >= 4 is 5.69 Å². The molecule has 1 rings (SSSR count). The van der Waals surface area contributed by atoms with Crippen LogP contribution >= 0.6 is 0 Å². The standard InChI is InChI=1S/C7H4F2N2/c8-5-2-7(11)6(9)1-4(5)3-10/h1-2H,11H2. The zero-order valence-electron chi connectivity index (χ0n) is 5.44. The molecule has 2 nitrogen and oxygen atoms in total. The molecule has 0 aliphatic carbocycles. The van der Waals surface area contributed by atoms with Crippen LogP contribution in [0.1, 0.15) is 5.56 Å². The fraction of sp³-hybridized carbons (Fsp3) is 0. The molecule has 0 spiro atoms. The van der Waals surface area contributed by atoms with Crippen LogP contribution in [0, 0.1) is 23.0 Å². The Labute approximate surface area is 61.9 Å². The first-order valence-electron chi connectivity index (χ1n) is 2.79. The Bertz CT molecular complexity index is 328. The molecule has 0 atom stereocenters. The van der Waals surface area contributed by atoms with E-state index in [0.29, 0.717) is 0 Å². The van der Waals surface area contributed by atoms with E-state index in [9.17, 15) is 8.78 Å². The van der Waals surface area contributed by atoms with Gasteiger partial charge in [0, 0.05) is 6.07 Å². The molecule has 2 N–H and O–H groups in total. The molecule has 0 aromatic heterocycles. The summed E-state index contributed by atoms with van der Waals surface area (Å²) < 4.78 is 25.1. The number of hydrogen-bond acceptors (Lipinski definition) is 2. The van der Waals surface area contributed by atoms with Crippen LogP contribution in [0.15, 0.2) is 12.1 Å². The Hall–Kier alpha value is -1.63. The van der Waals surface area contributed by atoms with Gasteiger partial charge in [0.05, 0.1) is 11.3 Å². The van der Waals surface area contributed by atoms with Crippen molar-refractivity contribution in [2.24, 2.45) is 0 Å². The van der Waals surface area contributed by atoms with E-state index in [-0.39, 0.29) is 11.3 Å². The quantitative estimate of drug-likeness (QED) is 0.574. The molecule has 0 radical (unpaired) electrons. The largest absolute Gasteiger partial charge is 0.396 e. The molecule has 0 amide bonds. The third-order valence-corrected chi connectivity index (χ3v) is 1.21. The van der Waals surface area contributed by atoms with Gasteiger partial charge in [-0.2, -0.15) is 5.26 Å². The van der Waals surface area contributed by atoms with Crippen molar-refractivity contribution in [3.63, 3.8) is 0 Å². The van der Waals surface area contributed by atoms with Gasteiger partial charge in [0.25, 0.3) is 0 Å². The number of nitrogens with zero attached hydrogens (tertiary/aromatic N) is 1. The molecule has 0 bridgehead atoms. The van der Waals surface area contributed by atoms with Gasteiger partial charge in [0.2, 0.25) is 0 Å². The lowest BCUT2D eigenvalue weighted by atomic mass is 10.2. The second-order valence-corrected chi connectivity index (χ2v) is 1.97. The summed E-state index contributed by atoms with van der Waals surface area (Å²) in [4.78, 5) is 0. The molecule has 11 heavy (non-hydrogen) atoms. The van der Waals surface area contributed by atoms with Gasteiger partial charge in [-0.05, 0) is 6.07 Å². The molecule has 0 saturated heterocycles. The maximum atomic E-state index is 12.6. The van der Waals surface area contributed by atoms with E-state index in [1.165, 1.54) is 6.07 Å². The van der Waals surface area contributed by atoms with E-state index in [1.807, 2.05) is 0 Å². The first-order chi connectivity index (χ1) is 5.15. The molecule has 0 aliphatic rings. The van der Waals surface area contributed by atoms with Gasteiger partial charge in [-0.25, -0.2) is 8.78 Å². The lowest BCUT2D eigenvalue weighted by Gasteiger charge is -1.96. The Kier molecular flexibility index (Phi) is 1.73. The zero-order valence-corrected chi connectivity index (χ0v) is 5.44. The van der Waals surface area contributed by atoms with E-state index in [2.05, 4.69) is 0 Å². The maximum absolute atomic E-state index is 12.6. The van der Waals surface area contributed by atoms with Gasteiger partial charge >= 0.3 is 0 Å². The van der Waals surface area contributed by atoms with Crippen molar-refractivity contribution in [2.75, 3.05) is 5.73 Å². The van der Waals surface area contributed by atoms with E-state index in [1.54, 1.807) is 0 Å². The molecule has 1 aromatic carbocycles. The summed E-state index contributed by atoms with van der Waals surface area (Å²) >= 11 is 0. The van der Waals surface area contributed by atoms with E-state index in [0.717, 1.165) is 12.1 Å². The number of nitrogen functional groups attached to an aromatic ring is 1. The Morgan fingerprint density at radius 1 is 1.27 bits per heavy atom. The summed E-state index contributed by atoms with van der Waals surface area (Å²) in [5.41, 5.74) is 4.39. The van der Waals surface area contributed by atoms with Gasteiger partial charge in [-0.1, -0.05) is 0 Å². The van der Waals surface area contributed by atoms with Crippen LogP contribution in [-0.4, -0.2) is 0 Å². The number of anilines is 1. The van der Waals surface area contributed by atoms with Crippen LogP contribution in [0.4, 0.5) is 14.5 Å². The van der Waals surface area contributed by atoms with Crippen molar-refractivity contribution in [1.29, 1.82) is 5.26 Å². The van der Waals surface area contributed by atoms with Crippen LogP contribution in [0.3, 0.4) is 0 Å². The van der Waals surface area contributed by atoms with Crippen molar-refractivity contribution in [1.82, 2.24) is 0 Å². The lowest BCUT2D eigenvalue weighted by Crippen LogP contribution is -1.94. The molecule has 0 unspecified atom stereocenters. The molecular weight excluding hydrogens is 150 g/mol. The minimum Gasteiger partial charge on any atom is -0.396 e. The summed E-state index contributed by atoms with van der Waals surface area (Å²) in [6.07, 6.45) is 0. The number of halogens is 2. The monoisotopic (exact) mass is 154 g/mol. The molecule has 1 aromatic rings. The molecule has 0 fully saturated rings. The second-order valence-electron chi connectivity index (χ2n) is 1.97. The highest BCUT2D eigenvalue weighted by atomic mass is 19.1. The highest BCUT2D eigenvalue weighted by Crippen LogP contribution is 2.15. The van der Waals surface area contributed by atoms with Gasteiger partial charge in [0.15, 0.2) is 0 Å². The van der Waals surface area contributed by atoms with Crippen molar-refractivity contribution in [3.05, 3.63) is 29.3 Å². The predicted molar refractivity (Wildman–Crippen MR) is 35.5 cm³/mol. The molecule has 0 heterocycles. The Balaban J connectivity index is 3.35.